The predicted molar refractivity (Wildman–Crippen MR) is 200 cm³/mol. The van der Waals surface area contributed by atoms with Crippen LogP contribution in [0.1, 0.15) is 36.5 Å². The average Bonchev–Trinajstić information content (AvgIpc) is 3.52. The van der Waals surface area contributed by atoms with Crippen molar-refractivity contribution < 1.29 is 24.0 Å². The lowest BCUT2D eigenvalue weighted by molar-refractivity contribution is -0.134. The maximum absolute atomic E-state index is 14.0. The summed E-state index contributed by atoms with van der Waals surface area (Å²) in [5.41, 5.74) is 19.8. The van der Waals surface area contributed by atoms with Gasteiger partial charge in [0.05, 0.1) is 0 Å². The van der Waals surface area contributed by atoms with Gasteiger partial charge in [0.2, 0.25) is 29.5 Å². The van der Waals surface area contributed by atoms with E-state index in [1.165, 1.54) is 6.92 Å². The zero-order chi connectivity index (χ0) is 37.6. The second-order valence-corrected chi connectivity index (χ2v) is 12.8. The summed E-state index contributed by atoms with van der Waals surface area (Å²) in [6, 6.07) is 18.9. The third-order valence-corrected chi connectivity index (χ3v) is 8.55. The topological polar surface area (TPSA) is 240 Å². The van der Waals surface area contributed by atoms with E-state index < -0.39 is 53.7 Å². The summed E-state index contributed by atoms with van der Waals surface area (Å²) >= 11 is 6.03. The van der Waals surface area contributed by atoms with E-state index in [0.717, 1.165) is 27.6 Å². The quantitative estimate of drug-likeness (QED) is 0.0424. The number of halogens is 1. The van der Waals surface area contributed by atoms with Gasteiger partial charge in [0.25, 0.3) is 0 Å². The summed E-state index contributed by atoms with van der Waals surface area (Å²) in [6.07, 6.45) is 2.43. The molecular formula is C37H44ClN9O5. The zero-order valence-electron chi connectivity index (χ0n) is 28.7. The fourth-order valence-electron chi connectivity index (χ4n) is 5.70. The summed E-state index contributed by atoms with van der Waals surface area (Å²) in [7, 11) is 0. The molecule has 0 aliphatic rings. The minimum atomic E-state index is -1.16. The maximum atomic E-state index is 14.0. The number of fused-ring (bicyclic) bond motifs is 1. The molecule has 0 radical (unpaired) electrons. The third-order valence-electron chi connectivity index (χ3n) is 8.30. The van der Waals surface area contributed by atoms with Gasteiger partial charge >= 0.3 is 0 Å². The second-order valence-electron chi connectivity index (χ2n) is 12.4. The molecule has 11 N–H and O–H groups in total. The van der Waals surface area contributed by atoms with Gasteiger partial charge in [0, 0.05) is 54.9 Å². The molecule has 0 spiro atoms. The molecule has 4 atom stereocenters. The summed E-state index contributed by atoms with van der Waals surface area (Å²) in [4.78, 5) is 73.3. The predicted octanol–water partition coefficient (Wildman–Crippen LogP) is 1.35. The minimum Gasteiger partial charge on any atom is -0.370 e. The number of nitrogens with zero attached hydrogens (tertiary/aromatic N) is 1. The molecule has 0 aliphatic carbocycles. The van der Waals surface area contributed by atoms with Crippen LogP contribution in [-0.2, 0) is 43.2 Å². The molecule has 4 aromatic rings. The van der Waals surface area contributed by atoms with Crippen LogP contribution in [0, 0.1) is 0 Å². The number of para-hydroxylation sites is 1. The molecule has 0 saturated heterocycles. The molecule has 0 fully saturated rings. The van der Waals surface area contributed by atoms with Crippen molar-refractivity contribution in [2.45, 2.75) is 63.2 Å². The van der Waals surface area contributed by atoms with E-state index in [1.807, 2.05) is 30.3 Å². The highest BCUT2D eigenvalue weighted by molar-refractivity contribution is 6.30. The highest BCUT2D eigenvalue weighted by Gasteiger charge is 2.31. The Hall–Kier alpha value is -5.89. The SMILES string of the molecule is CC(=O)N[C@H](Cc1ccc(Cl)cc1)C(=O)N[C@H](Cc1ccccc1)C(=O)N[C@@H](CCCN=C(N)N)C(=O)N[C@@H](Cc1c[nH]c2ccccc12)C(N)=O. The van der Waals surface area contributed by atoms with Crippen molar-refractivity contribution in [1.29, 1.82) is 0 Å². The number of aromatic amines is 1. The van der Waals surface area contributed by atoms with E-state index in [1.54, 1.807) is 54.7 Å². The summed E-state index contributed by atoms with van der Waals surface area (Å²) in [5.74, 6) is -3.27. The van der Waals surface area contributed by atoms with E-state index >= 15 is 0 Å². The Morgan fingerprint density at radius 2 is 1.25 bits per heavy atom. The first-order chi connectivity index (χ1) is 24.9. The van der Waals surface area contributed by atoms with Gasteiger partial charge in [0.15, 0.2) is 5.96 Å². The van der Waals surface area contributed by atoms with Crippen molar-refractivity contribution in [2.75, 3.05) is 6.54 Å². The number of hydrogen-bond donors (Lipinski definition) is 8. The number of aromatic nitrogens is 1. The number of hydrogen-bond acceptors (Lipinski definition) is 6. The van der Waals surface area contributed by atoms with E-state index in [2.05, 4.69) is 31.2 Å². The minimum absolute atomic E-state index is 0.0684. The molecule has 0 bridgehead atoms. The number of nitrogens with one attached hydrogen (secondary N) is 5. The molecule has 1 heterocycles. The number of primary amides is 1. The number of carbonyl (C=O) groups is 5. The number of rotatable bonds is 18. The Morgan fingerprint density at radius 3 is 1.88 bits per heavy atom. The van der Waals surface area contributed by atoms with Crippen molar-refractivity contribution in [3.05, 3.63) is 107 Å². The van der Waals surface area contributed by atoms with Gasteiger partial charge in [-0.3, -0.25) is 29.0 Å². The lowest BCUT2D eigenvalue weighted by Gasteiger charge is -2.26. The summed E-state index contributed by atoms with van der Waals surface area (Å²) in [5, 5.41) is 12.3. The van der Waals surface area contributed by atoms with Gasteiger partial charge in [0.1, 0.15) is 24.2 Å². The van der Waals surface area contributed by atoms with Crippen LogP contribution in [0.2, 0.25) is 5.02 Å². The van der Waals surface area contributed by atoms with E-state index in [-0.39, 0.29) is 38.2 Å². The third kappa shape index (κ3) is 11.9. The van der Waals surface area contributed by atoms with E-state index in [9.17, 15) is 24.0 Å². The number of guanidine groups is 1. The largest absolute Gasteiger partial charge is 0.370 e. The molecule has 4 rings (SSSR count). The van der Waals surface area contributed by atoms with Gasteiger partial charge in [-0.15, -0.1) is 0 Å². The normalized spacial score (nSPS) is 13.2. The van der Waals surface area contributed by atoms with Crippen LogP contribution in [-0.4, -0.2) is 71.2 Å². The van der Waals surface area contributed by atoms with Gasteiger partial charge in [-0.2, -0.15) is 0 Å². The fourth-order valence-corrected chi connectivity index (χ4v) is 5.83. The van der Waals surface area contributed by atoms with Crippen molar-refractivity contribution in [3.63, 3.8) is 0 Å². The Labute approximate surface area is 306 Å². The Kier molecular flexibility index (Phi) is 14.2. The standard InChI is InChI=1S/C37H44ClN9O5/c1-22(48)44-31(19-24-13-15-26(38)16-14-24)35(51)47-32(18-23-8-3-2-4-9-23)36(52)45-29(12-7-17-42-37(40)41)34(50)46-30(33(39)49)20-25-21-43-28-11-6-5-10-27(25)28/h2-6,8-11,13-16,21,29-32,43H,7,12,17-20H2,1H3,(H2,39,49)(H,44,48)(H,45,52)(H,46,50)(H,47,51)(H4,40,41,42)/t29-,30-,31+,32+/m0/s1. The van der Waals surface area contributed by atoms with E-state index in [4.69, 9.17) is 28.8 Å². The van der Waals surface area contributed by atoms with Gasteiger partial charge < -0.3 is 43.5 Å². The highest BCUT2D eigenvalue weighted by Crippen LogP contribution is 2.19. The van der Waals surface area contributed by atoms with Crippen LogP contribution in [0.3, 0.4) is 0 Å². The first-order valence-corrected chi connectivity index (χ1v) is 17.1. The first-order valence-electron chi connectivity index (χ1n) is 16.8. The van der Waals surface area contributed by atoms with Crippen LogP contribution in [0.25, 0.3) is 10.9 Å². The molecule has 0 aliphatic heterocycles. The molecule has 0 saturated carbocycles. The van der Waals surface area contributed by atoms with Gasteiger partial charge in [-0.05, 0) is 47.7 Å². The average molecular weight is 730 g/mol. The molecule has 14 nitrogen and oxygen atoms in total. The molecular weight excluding hydrogens is 686 g/mol. The number of aliphatic imine (C=N–C) groups is 1. The summed E-state index contributed by atoms with van der Waals surface area (Å²) in [6.45, 7) is 1.46. The van der Waals surface area contributed by atoms with Crippen molar-refractivity contribution >= 4 is 58.0 Å². The smallest absolute Gasteiger partial charge is 0.243 e. The molecule has 15 heteroatoms. The number of benzene rings is 3. The Balaban J connectivity index is 1.56. The molecule has 5 amide bonds. The molecule has 274 valence electrons. The van der Waals surface area contributed by atoms with Crippen LogP contribution < -0.4 is 38.5 Å². The van der Waals surface area contributed by atoms with Crippen LogP contribution in [0.15, 0.2) is 90.1 Å². The maximum Gasteiger partial charge on any atom is 0.243 e. The van der Waals surface area contributed by atoms with Gasteiger partial charge in [-0.25, -0.2) is 0 Å². The second kappa shape index (κ2) is 18.9. The number of H-pyrrole nitrogens is 1. The fraction of sp³-hybridized carbons (Fsp3) is 0.297. The van der Waals surface area contributed by atoms with Crippen molar-refractivity contribution in [1.82, 2.24) is 26.3 Å². The summed E-state index contributed by atoms with van der Waals surface area (Å²) < 4.78 is 0. The molecule has 52 heavy (non-hydrogen) atoms. The number of nitrogens with two attached hydrogens (primary N) is 3. The number of carbonyl (C=O) groups excluding carboxylic acids is 5. The van der Waals surface area contributed by atoms with Crippen LogP contribution in [0.4, 0.5) is 0 Å². The molecule has 3 aromatic carbocycles. The Morgan fingerprint density at radius 1 is 0.692 bits per heavy atom. The lowest BCUT2D eigenvalue weighted by Crippen LogP contribution is -2.59. The lowest BCUT2D eigenvalue weighted by atomic mass is 10.0. The van der Waals surface area contributed by atoms with Crippen molar-refractivity contribution in [3.8, 4) is 0 Å². The van der Waals surface area contributed by atoms with Crippen LogP contribution >= 0.6 is 11.6 Å². The van der Waals surface area contributed by atoms with Crippen LogP contribution in [0.5, 0.6) is 0 Å². The van der Waals surface area contributed by atoms with Crippen molar-refractivity contribution in [2.24, 2.45) is 22.2 Å². The highest BCUT2D eigenvalue weighted by atomic mass is 35.5. The molecule has 0 unspecified atom stereocenters. The molecule has 1 aromatic heterocycles. The van der Waals surface area contributed by atoms with Gasteiger partial charge in [-0.1, -0.05) is 72.3 Å². The monoisotopic (exact) mass is 729 g/mol. The Bertz CT molecular complexity index is 1880. The first kappa shape index (κ1) is 38.9. The zero-order valence-corrected chi connectivity index (χ0v) is 29.5. The number of amides is 5. The van der Waals surface area contributed by atoms with E-state index in [0.29, 0.717) is 11.4 Å².